The van der Waals surface area contributed by atoms with Gasteiger partial charge in [0.25, 0.3) is 10.0 Å². The summed E-state index contributed by atoms with van der Waals surface area (Å²) in [5.41, 5.74) is 4.68. The maximum Gasteiger partial charge on any atom is 0.257 e. The maximum absolute atomic E-state index is 12.1. The second kappa shape index (κ2) is 8.05. The molecule has 0 aliphatic rings. The Balaban J connectivity index is 1.78. The molecule has 0 spiro atoms. The van der Waals surface area contributed by atoms with Gasteiger partial charge in [0, 0.05) is 6.54 Å². The molecule has 0 fully saturated rings. The zero-order valence-electron chi connectivity index (χ0n) is 12.7. The Morgan fingerprint density at radius 3 is 2.35 bits per heavy atom. The Morgan fingerprint density at radius 2 is 1.70 bits per heavy atom. The zero-order valence-corrected chi connectivity index (χ0v) is 14.4. The van der Waals surface area contributed by atoms with Gasteiger partial charge in [-0.3, -0.25) is 5.43 Å². The molecule has 0 heterocycles. The molecule has 23 heavy (non-hydrogen) atoms. The molecule has 0 amide bonds. The van der Waals surface area contributed by atoms with Crippen LogP contribution in [-0.4, -0.2) is 20.1 Å². The standard InChI is InChI=1S/C16H19N3O2S2/c1-13-7-9-15(10-8-13)23(20,21)19-18-16(22)17-12-11-14-5-3-2-4-6-14/h2-10,19H,11-12H2,1H3,(H2,17,18,22). The average molecular weight is 349 g/mol. The highest BCUT2D eigenvalue weighted by atomic mass is 32.2. The highest BCUT2D eigenvalue weighted by Crippen LogP contribution is 2.08. The van der Waals surface area contributed by atoms with Crippen molar-refractivity contribution in [3.8, 4) is 0 Å². The second-order valence-electron chi connectivity index (χ2n) is 5.04. The van der Waals surface area contributed by atoms with Gasteiger partial charge in [0.2, 0.25) is 0 Å². The van der Waals surface area contributed by atoms with Crippen LogP contribution in [0, 0.1) is 6.92 Å². The summed E-state index contributed by atoms with van der Waals surface area (Å²) in [5, 5.41) is 3.19. The molecule has 2 rings (SSSR count). The minimum atomic E-state index is -3.64. The van der Waals surface area contributed by atoms with Crippen molar-refractivity contribution < 1.29 is 8.42 Å². The summed E-state index contributed by atoms with van der Waals surface area (Å²) in [5.74, 6) is 0. The van der Waals surface area contributed by atoms with Crippen LogP contribution in [0.15, 0.2) is 59.5 Å². The molecule has 0 bridgehead atoms. The van der Waals surface area contributed by atoms with Crippen molar-refractivity contribution in [2.75, 3.05) is 6.54 Å². The fourth-order valence-electron chi connectivity index (χ4n) is 1.90. The van der Waals surface area contributed by atoms with Gasteiger partial charge in [-0.15, -0.1) is 4.83 Å². The van der Waals surface area contributed by atoms with Gasteiger partial charge in [-0.25, -0.2) is 8.42 Å². The molecule has 5 nitrogen and oxygen atoms in total. The largest absolute Gasteiger partial charge is 0.361 e. The number of hydrogen-bond acceptors (Lipinski definition) is 3. The number of hydrogen-bond donors (Lipinski definition) is 3. The van der Waals surface area contributed by atoms with Gasteiger partial charge in [0.1, 0.15) is 0 Å². The highest BCUT2D eigenvalue weighted by Gasteiger charge is 2.13. The first-order valence-corrected chi connectivity index (χ1v) is 9.03. The lowest BCUT2D eigenvalue weighted by Gasteiger charge is -2.12. The predicted octanol–water partition coefficient (Wildman–Crippen LogP) is 1.90. The van der Waals surface area contributed by atoms with E-state index in [1.165, 1.54) is 5.56 Å². The van der Waals surface area contributed by atoms with Crippen LogP contribution < -0.4 is 15.6 Å². The Hall–Kier alpha value is -1.96. The number of thiocarbonyl (C=S) groups is 1. The van der Waals surface area contributed by atoms with E-state index in [1.54, 1.807) is 24.3 Å². The first-order chi connectivity index (χ1) is 11.0. The molecular weight excluding hydrogens is 330 g/mol. The van der Waals surface area contributed by atoms with Crippen LogP contribution in [0.5, 0.6) is 0 Å². The van der Waals surface area contributed by atoms with Crippen molar-refractivity contribution >= 4 is 27.4 Å². The summed E-state index contributed by atoms with van der Waals surface area (Å²) in [6, 6.07) is 16.5. The van der Waals surface area contributed by atoms with E-state index < -0.39 is 10.0 Å². The van der Waals surface area contributed by atoms with Gasteiger partial charge in [-0.1, -0.05) is 48.0 Å². The van der Waals surface area contributed by atoms with Gasteiger partial charge in [0.15, 0.2) is 5.11 Å². The Kier molecular flexibility index (Phi) is 6.09. The van der Waals surface area contributed by atoms with Crippen LogP contribution in [-0.2, 0) is 16.4 Å². The Labute approximate surface area is 142 Å². The molecule has 0 aromatic heterocycles. The quantitative estimate of drug-likeness (QED) is 0.549. The summed E-state index contributed by atoms with van der Waals surface area (Å²) < 4.78 is 24.2. The van der Waals surface area contributed by atoms with Crippen molar-refractivity contribution in [3.63, 3.8) is 0 Å². The molecule has 0 saturated heterocycles. The van der Waals surface area contributed by atoms with Gasteiger partial charge in [-0.05, 0) is 43.3 Å². The van der Waals surface area contributed by atoms with Crippen LogP contribution >= 0.6 is 12.2 Å². The van der Waals surface area contributed by atoms with Gasteiger partial charge < -0.3 is 5.32 Å². The number of aryl methyl sites for hydroxylation is 1. The van der Waals surface area contributed by atoms with E-state index in [0.29, 0.717) is 6.54 Å². The summed E-state index contributed by atoms with van der Waals surface area (Å²) in [4.78, 5) is 2.44. The fourth-order valence-corrected chi connectivity index (χ4v) is 2.97. The molecule has 2 aromatic rings. The normalized spacial score (nSPS) is 11.0. The van der Waals surface area contributed by atoms with Gasteiger partial charge in [-0.2, -0.15) is 0 Å². The van der Waals surface area contributed by atoms with E-state index in [-0.39, 0.29) is 10.0 Å². The van der Waals surface area contributed by atoms with Crippen molar-refractivity contribution in [1.29, 1.82) is 0 Å². The van der Waals surface area contributed by atoms with Crippen LogP contribution in [0.1, 0.15) is 11.1 Å². The van der Waals surface area contributed by atoms with E-state index >= 15 is 0 Å². The monoisotopic (exact) mass is 349 g/mol. The van der Waals surface area contributed by atoms with E-state index in [1.807, 2.05) is 37.3 Å². The molecular formula is C16H19N3O2S2. The lowest BCUT2D eigenvalue weighted by atomic mass is 10.1. The van der Waals surface area contributed by atoms with Crippen molar-refractivity contribution in [2.45, 2.75) is 18.2 Å². The minimum Gasteiger partial charge on any atom is -0.361 e. The topological polar surface area (TPSA) is 70.2 Å². The maximum atomic E-state index is 12.1. The third-order valence-electron chi connectivity index (χ3n) is 3.17. The lowest BCUT2D eigenvalue weighted by molar-refractivity contribution is 0.576. The van der Waals surface area contributed by atoms with E-state index in [2.05, 4.69) is 15.6 Å². The predicted molar refractivity (Wildman–Crippen MR) is 95.4 cm³/mol. The summed E-state index contributed by atoms with van der Waals surface area (Å²) in [7, 11) is -3.64. The number of sulfonamides is 1. The molecule has 0 atom stereocenters. The number of rotatable bonds is 6. The summed E-state index contributed by atoms with van der Waals surface area (Å²) in [6.07, 6.45) is 0.799. The van der Waals surface area contributed by atoms with Gasteiger partial charge in [0.05, 0.1) is 4.90 Å². The van der Waals surface area contributed by atoms with E-state index in [9.17, 15) is 8.42 Å². The third-order valence-corrected chi connectivity index (χ3v) is 4.68. The molecule has 7 heteroatoms. The first kappa shape index (κ1) is 17.4. The summed E-state index contributed by atoms with van der Waals surface area (Å²) >= 11 is 5.06. The molecule has 2 aromatic carbocycles. The van der Waals surface area contributed by atoms with E-state index in [4.69, 9.17) is 12.2 Å². The van der Waals surface area contributed by atoms with Crippen LogP contribution in [0.4, 0.5) is 0 Å². The molecule has 0 radical (unpaired) electrons. The third kappa shape index (κ3) is 5.63. The first-order valence-electron chi connectivity index (χ1n) is 7.13. The lowest BCUT2D eigenvalue weighted by Crippen LogP contribution is -2.47. The van der Waals surface area contributed by atoms with Crippen molar-refractivity contribution in [1.82, 2.24) is 15.6 Å². The molecule has 0 saturated carbocycles. The van der Waals surface area contributed by atoms with Crippen molar-refractivity contribution in [3.05, 3.63) is 65.7 Å². The highest BCUT2D eigenvalue weighted by molar-refractivity contribution is 7.89. The minimum absolute atomic E-state index is 0.183. The second-order valence-corrected chi connectivity index (χ2v) is 7.13. The number of benzene rings is 2. The average Bonchev–Trinajstić information content (AvgIpc) is 2.54. The van der Waals surface area contributed by atoms with Crippen LogP contribution in [0.25, 0.3) is 0 Å². The molecule has 0 aliphatic heterocycles. The Morgan fingerprint density at radius 1 is 1.04 bits per heavy atom. The van der Waals surface area contributed by atoms with Crippen LogP contribution in [0.3, 0.4) is 0 Å². The Bertz CT molecular complexity index is 745. The van der Waals surface area contributed by atoms with Crippen molar-refractivity contribution in [2.24, 2.45) is 0 Å². The molecule has 122 valence electrons. The van der Waals surface area contributed by atoms with E-state index in [0.717, 1.165) is 12.0 Å². The SMILES string of the molecule is Cc1ccc(S(=O)(=O)NNC(=S)NCCc2ccccc2)cc1. The zero-order chi connectivity index (χ0) is 16.7. The molecule has 0 aliphatic carbocycles. The molecule has 3 N–H and O–H groups in total. The van der Waals surface area contributed by atoms with Gasteiger partial charge >= 0.3 is 0 Å². The summed E-state index contributed by atoms with van der Waals surface area (Å²) in [6.45, 7) is 2.51. The fraction of sp³-hybridized carbons (Fsp3) is 0.188. The molecule has 0 unspecified atom stereocenters. The number of hydrazine groups is 1. The van der Waals surface area contributed by atoms with Crippen LogP contribution in [0.2, 0.25) is 0 Å². The smallest absolute Gasteiger partial charge is 0.257 e. The number of nitrogens with one attached hydrogen (secondary N) is 3.